The van der Waals surface area contributed by atoms with Gasteiger partial charge in [-0.15, -0.1) is 0 Å². The summed E-state index contributed by atoms with van der Waals surface area (Å²) in [6.07, 6.45) is 1.70. The average Bonchev–Trinajstić information content (AvgIpc) is 3.32. The molecule has 0 radical (unpaired) electrons. The highest BCUT2D eigenvalue weighted by atomic mass is 32.1. The van der Waals surface area contributed by atoms with Crippen molar-refractivity contribution >= 4 is 32.6 Å². The molecule has 0 unspecified atom stereocenters. The first-order valence-electron chi connectivity index (χ1n) is 8.82. The normalized spacial score (nSPS) is 10.9. The van der Waals surface area contributed by atoms with Gasteiger partial charge in [0.1, 0.15) is 5.75 Å². The lowest BCUT2D eigenvalue weighted by atomic mass is 10.3. The Bertz CT molecular complexity index is 1110. The standard InChI is InChI=1S/C20H18N4O3S/c1-3-26-15-7-8-16-18(11-15)28-20(22-16)24(12-14-6-4-5-9-21-14)19(25)17-10-13(2)23-27-17/h4-11H,3,12H2,1-2H3. The highest BCUT2D eigenvalue weighted by molar-refractivity contribution is 7.22. The number of carbonyl (C=O) groups is 1. The summed E-state index contributed by atoms with van der Waals surface area (Å²) in [6, 6.07) is 12.9. The highest BCUT2D eigenvalue weighted by Crippen LogP contribution is 2.33. The van der Waals surface area contributed by atoms with Crippen LogP contribution in [-0.4, -0.2) is 27.6 Å². The number of rotatable bonds is 6. The van der Waals surface area contributed by atoms with Gasteiger partial charge in [0.2, 0.25) is 5.76 Å². The number of carbonyl (C=O) groups excluding carboxylic acids is 1. The topological polar surface area (TPSA) is 81.4 Å². The minimum Gasteiger partial charge on any atom is -0.494 e. The van der Waals surface area contributed by atoms with Crippen LogP contribution in [0.4, 0.5) is 5.13 Å². The molecule has 1 amide bonds. The minimum absolute atomic E-state index is 0.169. The van der Waals surface area contributed by atoms with E-state index >= 15 is 0 Å². The van der Waals surface area contributed by atoms with Gasteiger partial charge in [-0.1, -0.05) is 22.6 Å². The Morgan fingerprint density at radius 3 is 2.86 bits per heavy atom. The second kappa shape index (κ2) is 7.77. The molecule has 0 saturated carbocycles. The Hall–Kier alpha value is -3.26. The summed E-state index contributed by atoms with van der Waals surface area (Å²) < 4.78 is 11.7. The fraction of sp³-hybridized carbons (Fsp3) is 0.200. The van der Waals surface area contributed by atoms with E-state index in [9.17, 15) is 4.79 Å². The number of hydrogen-bond acceptors (Lipinski definition) is 7. The summed E-state index contributed by atoms with van der Waals surface area (Å²) >= 11 is 1.42. The van der Waals surface area contributed by atoms with Crippen LogP contribution in [0.25, 0.3) is 10.2 Å². The number of anilines is 1. The first-order chi connectivity index (χ1) is 13.6. The third-order valence-corrected chi connectivity index (χ3v) is 5.06. The number of hydrogen-bond donors (Lipinski definition) is 0. The van der Waals surface area contributed by atoms with Crippen LogP contribution < -0.4 is 9.64 Å². The molecule has 28 heavy (non-hydrogen) atoms. The van der Waals surface area contributed by atoms with Crippen LogP contribution in [0.15, 0.2) is 53.2 Å². The molecule has 0 spiro atoms. The van der Waals surface area contributed by atoms with Crippen LogP contribution in [0.3, 0.4) is 0 Å². The Morgan fingerprint density at radius 2 is 2.14 bits per heavy atom. The molecule has 3 heterocycles. The molecule has 0 aliphatic carbocycles. The summed E-state index contributed by atoms with van der Waals surface area (Å²) in [5.41, 5.74) is 2.20. The third-order valence-electron chi connectivity index (χ3n) is 4.02. The van der Waals surface area contributed by atoms with E-state index in [0.29, 0.717) is 17.4 Å². The highest BCUT2D eigenvalue weighted by Gasteiger charge is 2.25. The van der Waals surface area contributed by atoms with Gasteiger partial charge < -0.3 is 9.26 Å². The predicted molar refractivity (Wildman–Crippen MR) is 107 cm³/mol. The second-order valence-electron chi connectivity index (χ2n) is 6.10. The Kier molecular flexibility index (Phi) is 5.03. The summed E-state index contributed by atoms with van der Waals surface area (Å²) in [6.45, 7) is 4.58. The number of thiazole rings is 1. The number of aromatic nitrogens is 3. The first-order valence-corrected chi connectivity index (χ1v) is 9.64. The largest absolute Gasteiger partial charge is 0.494 e. The van der Waals surface area contributed by atoms with Gasteiger partial charge in [-0.25, -0.2) is 4.98 Å². The lowest BCUT2D eigenvalue weighted by molar-refractivity contribution is 0.0949. The van der Waals surface area contributed by atoms with E-state index in [0.717, 1.165) is 21.7 Å². The maximum Gasteiger partial charge on any atom is 0.299 e. The van der Waals surface area contributed by atoms with Crippen molar-refractivity contribution < 1.29 is 14.1 Å². The smallest absolute Gasteiger partial charge is 0.299 e. The van der Waals surface area contributed by atoms with Crippen molar-refractivity contribution in [3.63, 3.8) is 0 Å². The summed E-state index contributed by atoms with van der Waals surface area (Å²) in [4.78, 5) is 23.7. The molecule has 0 saturated heterocycles. The van der Waals surface area contributed by atoms with E-state index in [2.05, 4.69) is 15.1 Å². The van der Waals surface area contributed by atoms with Crippen LogP contribution in [0, 0.1) is 6.92 Å². The van der Waals surface area contributed by atoms with Crippen molar-refractivity contribution in [1.29, 1.82) is 0 Å². The van der Waals surface area contributed by atoms with Crippen molar-refractivity contribution in [3.8, 4) is 5.75 Å². The van der Waals surface area contributed by atoms with Crippen LogP contribution >= 0.6 is 11.3 Å². The van der Waals surface area contributed by atoms with Crippen molar-refractivity contribution in [3.05, 3.63) is 65.8 Å². The molecule has 0 atom stereocenters. The van der Waals surface area contributed by atoms with Crippen LogP contribution in [0.1, 0.15) is 28.9 Å². The number of amides is 1. The van der Waals surface area contributed by atoms with E-state index in [-0.39, 0.29) is 18.2 Å². The van der Waals surface area contributed by atoms with E-state index in [1.807, 2.05) is 43.3 Å². The number of nitrogens with zero attached hydrogens (tertiary/aromatic N) is 4. The number of pyridine rings is 1. The zero-order valence-electron chi connectivity index (χ0n) is 15.5. The minimum atomic E-state index is -0.310. The van der Waals surface area contributed by atoms with E-state index in [1.54, 1.807) is 24.1 Å². The molecule has 142 valence electrons. The Balaban J connectivity index is 1.73. The van der Waals surface area contributed by atoms with Gasteiger partial charge in [-0.05, 0) is 44.2 Å². The van der Waals surface area contributed by atoms with E-state index in [4.69, 9.17) is 9.26 Å². The Morgan fingerprint density at radius 1 is 1.25 bits per heavy atom. The monoisotopic (exact) mass is 394 g/mol. The summed E-state index contributed by atoms with van der Waals surface area (Å²) in [5.74, 6) is 0.636. The summed E-state index contributed by atoms with van der Waals surface area (Å²) in [5, 5.41) is 4.39. The van der Waals surface area contributed by atoms with E-state index < -0.39 is 0 Å². The zero-order valence-corrected chi connectivity index (χ0v) is 16.3. The average molecular weight is 394 g/mol. The number of benzene rings is 1. The molecule has 8 heteroatoms. The third kappa shape index (κ3) is 3.72. The fourth-order valence-corrected chi connectivity index (χ4v) is 3.73. The number of aryl methyl sites for hydroxylation is 1. The van der Waals surface area contributed by atoms with Crippen LogP contribution in [0.5, 0.6) is 5.75 Å². The molecule has 4 rings (SSSR count). The van der Waals surface area contributed by atoms with Crippen LogP contribution in [0.2, 0.25) is 0 Å². The van der Waals surface area contributed by atoms with Gasteiger partial charge in [-0.2, -0.15) is 0 Å². The SMILES string of the molecule is CCOc1ccc2nc(N(Cc3ccccn3)C(=O)c3cc(C)no3)sc2c1. The summed E-state index contributed by atoms with van der Waals surface area (Å²) in [7, 11) is 0. The second-order valence-corrected chi connectivity index (χ2v) is 7.11. The molecule has 4 aromatic rings. The van der Waals surface area contributed by atoms with Gasteiger partial charge in [0.25, 0.3) is 5.91 Å². The molecule has 7 nitrogen and oxygen atoms in total. The molecule has 0 aliphatic heterocycles. The van der Waals surface area contributed by atoms with Gasteiger partial charge in [0.15, 0.2) is 5.13 Å². The lowest BCUT2D eigenvalue weighted by Crippen LogP contribution is -2.30. The van der Waals surface area contributed by atoms with Crippen LogP contribution in [-0.2, 0) is 6.54 Å². The Labute approximate surface area is 165 Å². The molecular weight excluding hydrogens is 376 g/mol. The van der Waals surface area contributed by atoms with Gasteiger partial charge in [-0.3, -0.25) is 14.7 Å². The lowest BCUT2D eigenvalue weighted by Gasteiger charge is -2.17. The molecule has 0 fully saturated rings. The maximum absolute atomic E-state index is 13.1. The quantitative estimate of drug-likeness (QED) is 0.487. The van der Waals surface area contributed by atoms with Crippen molar-refractivity contribution in [2.24, 2.45) is 0 Å². The first kappa shape index (κ1) is 18.1. The number of fused-ring (bicyclic) bond motifs is 1. The predicted octanol–water partition coefficient (Wildman–Crippen LogP) is 4.23. The van der Waals surface area contributed by atoms with Crippen molar-refractivity contribution in [2.45, 2.75) is 20.4 Å². The van der Waals surface area contributed by atoms with Gasteiger partial charge >= 0.3 is 0 Å². The molecule has 0 aliphatic rings. The fourth-order valence-electron chi connectivity index (χ4n) is 2.74. The van der Waals surface area contributed by atoms with Crippen molar-refractivity contribution in [2.75, 3.05) is 11.5 Å². The molecule has 0 N–H and O–H groups in total. The van der Waals surface area contributed by atoms with Crippen molar-refractivity contribution in [1.82, 2.24) is 15.1 Å². The van der Waals surface area contributed by atoms with Gasteiger partial charge in [0.05, 0.1) is 34.8 Å². The molecule has 1 aromatic carbocycles. The molecular formula is C20H18N4O3S. The van der Waals surface area contributed by atoms with Gasteiger partial charge in [0, 0.05) is 12.3 Å². The zero-order chi connectivity index (χ0) is 19.5. The maximum atomic E-state index is 13.1. The van der Waals surface area contributed by atoms with E-state index in [1.165, 1.54) is 11.3 Å². The molecule has 0 bridgehead atoms. The number of ether oxygens (including phenoxy) is 1. The molecule has 3 aromatic heterocycles.